The Morgan fingerprint density at radius 1 is 1.00 bits per heavy atom. The van der Waals surface area contributed by atoms with Crippen molar-refractivity contribution in [2.75, 3.05) is 6.54 Å². The molecule has 3 aromatic rings. The zero-order valence-corrected chi connectivity index (χ0v) is 15.9. The van der Waals surface area contributed by atoms with Crippen molar-refractivity contribution >= 4 is 5.91 Å². The van der Waals surface area contributed by atoms with Gasteiger partial charge in [-0.25, -0.2) is 0 Å². The third kappa shape index (κ3) is 2.70. The monoisotopic (exact) mass is 373 g/mol. The number of ether oxygens (including phenoxy) is 1. The van der Waals surface area contributed by atoms with E-state index in [1.54, 1.807) is 0 Å². The second-order valence-corrected chi connectivity index (χ2v) is 7.53. The van der Waals surface area contributed by atoms with Crippen LogP contribution in [0.4, 0.5) is 0 Å². The molecule has 0 aliphatic carbocycles. The number of rotatable bonds is 2. The molecule has 2 aliphatic heterocycles. The molecule has 142 valence electrons. The number of nitrogens with zero attached hydrogens (tertiary/aromatic N) is 3. The van der Waals surface area contributed by atoms with E-state index in [-0.39, 0.29) is 17.9 Å². The molecule has 5 heteroatoms. The van der Waals surface area contributed by atoms with E-state index in [0.717, 1.165) is 54.1 Å². The maximum Gasteiger partial charge on any atom is 0.235 e. The van der Waals surface area contributed by atoms with Crippen LogP contribution in [0.15, 0.2) is 60.8 Å². The zero-order chi connectivity index (χ0) is 19.1. The minimum atomic E-state index is -0.338. The fourth-order valence-corrected chi connectivity index (χ4v) is 4.56. The number of hydrogen-bond acceptors (Lipinski definition) is 3. The maximum absolute atomic E-state index is 13.9. The highest BCUT2D eigenvalue weighted by Gasteiger charge is 2.39. The van der Waals surface area contributed by atoms with E-state index in [1.165, 1.54) is 0 Å². The highest BCUT2D eigenvalue weighted by molar-refractivity contribution is 5.90. The van der Waals surface area contributed by atoms with Gasteiger partial charge in [0.1, 0.15) is 11.5 Å². The molecule has 5 nitrogen and oxygen atoms in total. The summed E-state index contributed by atoms with van der Waals surface area (Å²) >= 11 is 0. The molecule has 0 N–H and O–H groups in total. The lowest BCUT2D eigenvalue weighted by Crippen LogP contribution is -2.42. The third-order valence-corrected chi connectivity index (χ3v) is 5.91. The molecule has 0 radical (unpaired) electrons. The fourth-order valence-electron chi connectivity index (χ4n) is 4.56. The van der Waals surface area contributed by atoms with Gasteiger partial charge in [0.2, 0.25) is 5.91 Å². The zero-order valence-electron chi connectivity index (χ0n) is 15.9. The number of carbonyl (C=O) groups excluding carboxylic acids is 1. The molecule has 1 fully saturated rings. The molecule has 5 rings (SSSR count). The summed E-state index contributed by atoms with van der Waals surface area (Å²) in [5.74, 6) is 1.35. The normalized spacial score (nSPS) is 18.9. The van der Waals surface area contributed by atoms with Gasteiger partial charge in [0, 0.05) is 30.9 Å². The lowest BCUT2D eigenvalue weighted by atomic mass is 9.85. The molecule has 3 heterocycles. The van der Waals surface area contributed by atoms with Crippen molar-refractivity contribution < 1.29 is 9.53 Å². The standard InChI is InChI=1S/C23H23N3O2/c1-25-18(13-14-24-25)19-10-6-7-15-26(19)23(27)22-16-8-2-4-11-20(16)28-21-12-5-3-9-17(21)22/h2-5,8-9,11-14,19,22H,6-7,10,15H2,1H3. The topological polar surface area (TPSA) is 47.4 Å². The van der Waals surface area contributed by atoms with Gasteiger partial charge in [0.15, 0.2) is 0 Å². The van der Waals surface area contributed by atoms with E-state index in [0.29, 0.717) is 0 Å². The Morgan fingerprint density at radius 3 is 2.32 bits per heavy atom. The molecule has 2 aromatic carbocycles. The van der Waals surface area contributed by atoms with Crippen molar-refractivity contribution in [3.05, 3.63) is 77.6 Å². The predicted molar refractivity (Wildman–Crippen MR) is 106 cm³/mol. The van der Waals surface area contributed by atoms with Gasteiger partial charge in [-0.1, -0.05) is 36.4 Å². The lowest BCUT2D eigenvalue weighted by Gasteiger charge is -2.39. The van der Waals surface area contributed by atoms with Gasteiger partial charge in [-0.3, -0.25) is 9.48 Å². The Kier molecular flexibility index (Phi) is 4.15. The Hall–Kier alpha value is -3.08. The SMILES string of the molecule is Cn1nccc1C1CCCCN1C(=O)C1c2ccccc2Oc2ccccc21. The number of piperidine rings is 1. The second kappa shape index (κ2) is 6.82. The summed E-state index contributed by atoms with van der Waals surface area (Å²) in [4.78, 5) is 16.0. The molecule has 2 aliphatic rings. The molecule has 1 saturated heterocycles. The highest BCUT2D eigenvalue weighted by atomic mass is 16.5. The Morgan fingerprint density at radius 2 is 1.68 bits per heavy atom. The van der Waals surface area contributed by atoms with Gasteiger partial charge in [0.25, 0.3) is 0 Å². The Labute approximate surface area is 164 Å². The number of para-hydroxylation sites is 2. The van der Waals surface area contributed by atoms with E-state index in [4.69, 9.17) is 4.74 Å². The molecule has 0 saturated carbocycles. The van der Waals surface area contributed by atoms with Crippen LogP contribution in [0.2, 0.25) is 0 Å². The van der Waals surface area contributed by atoms with Crippen LogP contribution in [0.25, 0.3) is 0 Å². The summed E-state index contributed by atoms with van der Waals surface area (Å²) in [6.07, 6.45) is 4.94. The Bertz CT molecular complexity index is 980. The van der Waals surface area contributed by atoms with Crippen molar-refractivity contribution in [3.63, 3.8) is 0 Å². The quantitative estimate of drug-likeness (QED) is 0.668. The summed E-state index contributed by atoms with van der Waals surface area (Å²) in [6, 6.07) is 17.9. The largest absolute Gasteiger partial charge is 0.457 e. The van der Waals surface area contributed by atoms with Gasteiger partial charge in [0.05, 0.1) is 17.7 Å². The molecule has 0 spiro atoms. The van der Waals surface area contributed by atoms with Crippen molar-refractivity contribution in [2.45, 2.75) is 31.2 Å². The minimum absolute atomic E-state index is 0.0657. The van der Waals surface area contributed by atoms with Crippen molar-refractivity contribution in [2.24, 2.45) is 7.05 Å². The highest BCUT2D eigenvalue weighted by Crippen LogP contribution is 2.46. The van der Waals surface area contributed by atoms with Gasteiger partial charge in [-0.15, -0.1) is 0 Å². The van der Waals surface area contributed by atoms with Crippen LogP contribution in [-0.2, 0) is 11.8 Å². The van der Waals surface area contributed by atoms with Crippen LogP contribution < -0.4 is 4.74 Å². The van der Waals surface area contributed by atoms with Gasteiger partial charge >= 0.3 is 0 Å². The first-order valence-corrected chi connectivity index (χ1v) is 9.88. The fraction of sp³-hybridized carbons (Fsp3) is 0.304. The van der Waals surface area contributed by atoms with E-state index < -0.39 is 0 Å². The summed E-state index contributed by atoms with van der Waals surface area (Å²) in [5.41, 5.74) is 2.99. The summed E-state index contributed by atoms with van der Waals surface area (Å²) in [5, 5.41) is 4.33. The average molecular weight is 373 g/mol. The van der Waals surface area contributed by atoms with E-state index in [2.05, 4.69) is 10.00 Å². The van der Waals surface area contributed by atoms with E-state index in [1.807, 2.05) is 72.5 Å². The molecule has 1 atom stereocenters. The predicted octanol–water partition coefficient (Wildman–Crippen LogP) is 4.41. The van der Waals surface area contributed by atoms with Crippen molar-refractivity contribution in [1.29, 1.82) is 0 Å². The molecule has 1 unspecified atom stereocenters. The van der Waals surface area contributed by atoms with Crippen LogP contribution in [0.1, 0.15) is 48.0 Å². The molecular weight excluding hydrogens is 350 g/mol. The van der Waals surface area contributed by atoms with Gasteiger partial charge in [-0.2, -0.15) is 5.10 Å². The smallest absolute Gasteiger partial charge is 0.235 e. The Balaban J connectivity index is 1.58. The summed E-state index contributed by atoms with van der Waals surface area (Å²) in [6.45, 7) is 0.774. The number of fused-ring (bicyclic) bond motifs is 2. The van der Waals surface area contributed by atoms with E-state index in [9.17, 15) is 4.79 Å². The van der Waals surface area contributed by atoms with E-state index >= 15 is 0 Å². The first-order valence-electron chi connectivity index (χ1n) is 9.88. The molecule has 1 aromatic heterocycles. The van der Waals surface area contributed by atoms with Gasteiger partial charge < -0.3 is 9.64 Å². The van der Waals surface area contributed by atoms with Crippen LogP contribution in [0, 0.1) is 0 Å². The summed E-state index contributed by atoms with van der Waals surface area (Å²) < 4.78 is 7.97. The third-order valence-electron chi connectivity index (χ3n) is 5.91. The number of likely N-dealkylation sites (tertiary alicyclic amines) is 1. The van der Waals surface area contributed by atoms with Crippen LogP contribution >= 0.6 is 0 Å². The number of aromatic nitrogens is 2. The first kappa shape index (κ1) is 17.0. The molecule has 0 bridgehead atoms. The summed E-state index contributed by atoms with van der Waals surface area (Å²) in [7, 11) is 1.95. The number of aryl methyl sites for hydroxylation is 1. The molecular formula is C23H23N3O2. The van der Waals surface area contributed by atoms with Crippen LogP contribution in [0.5, 0.6) is 11.5 Å². The first-order chi connectivity index (χ1) is 13.7. The molecule has 28 heavy (non-hydrogen) atoms. The van der Waals surface area contributed by atoms with Gasteiger partial charge in [-0.05, 0) is 37.5 Å². The maximum atomic E-state index is 13.9. The van der Waals surface area contributed by atoms with Crippen molar-refractivity contribution in [3.8, 4) is 11.5 Å². The average Bonchev–Trinajstić information content (AvgIpc) is 3.17. The number of amides is 1. The number of carbonyl (C=O) groups is 1. The van der Waals surface area contributed by atoms with Crippen LogP contribution in [0.3, 0.4) is 0 Å². The minimum Gasteiger partial charge on any atom is -0.457 e. The number of benzene rings is 2. The van der Waals surface area contributed by atoms with Crippen LogP contribution in [-0.4, -0.2) is 27.1 Å². The second-order valence-electron chi connectivity index (χ2n) is 7.53. The van der Waals surface area contributed by atoms with Crippen molar-refractivity contribution in [1.82, 2.24) is 14.7 Å². The number of hydrogen-bond donors (Lipinski definition) is 0. The lowest BCUT2D eigenvalue weighted by molar-refractivity contribution is -0.136. The molecule has 1 amide bonds.